The van der Waals surface area contributed by atoms with Crippen molar-refractivity contribution in [2.75, 3.05) is 5.32 Å². The average molecular weight is 257 g/mol. The van der Waals surface area contributed by atoms with Crippen LogP contribution in [0.2, 0.25) is 0 Å². The summed E-state index contributed by atoms with van der Waals surface area (Å²) < 4.78 is 0. The van der Waals surface area contributed by atoms with Crippen molar-refractivity contribution in [2.45, 2.75) is 31.7 Å². The van der Waals surface area contributed by atoms with Gasteiger partial charge in [-0.3, -0.25) is 4.79 Å². The molecule has 0 bridgehead atoms. The Morgan fingerprint density at radius 3 is 2.95 bits per heavy atom. The maximum atomic E-state index is 12.3. The zero-order valence-electron chi connectivity index (χ0n) is 10.9. The molecule has 3 rings (SSSR count). The first-order valence-corrected chi connectivity index (χ1v) is 6.88. The highest BCUT2D eigenvalue weighted by atomic mass is 16.1. The second-order valence-corrected chi connectivity index (χ2v) is 5.29. The minimum Gasteiger partial charge on any atom is -0.359 e. The van der Waals surface area contributed by atoms with E-state index in [-0.39, 0.29) is 17.9 Å². The van der Waals surface area contributed by atoms with Crippen LogP contribution in [0.5, 0.6) is 0 Å². The topological polar surface area (TPSA) is 70.9 Å². The number of carbonyl (C=O) groups is 1. The largest absolute Gasteiger partial charge is 0.359 e. The van der Waals surface area contributed by atoms with Crippen LogP contribution in [-0.4, -0.2) is 16.9 Å². The molecule has 0 unspecified atom stereocenters. The number of para-hydroxylation sites is 1. The van der Waals surface area contributed by atoms with Gasteiger partial charge in [0.25, 0.3) is 0 Å². The minimum absolute atomic E-state index is 0.00315. The van der Waals surface area contributed by atoms with Gasteiger partial charge in [0.1, 0.15) is 0 Å². The van der Waals surface area contributed by atoms with E-state index in [2.05, 4.69) is 10.3 Å². The quantitative estimate of drug-likeness (QED) is 0.774. The predicted molar refractivity (Wildman–Crippen MR) is 76.9 cm³/mol. The fraction of sp³-hybridized carbons (Fsp3) is 0.400. The van der Waals surface area contributed by atoms with E-state index in [1.54, 1.807) is 0 Å². The van der Waals surface area contributed by atoms with Crippen LogP contribution >= 0.6 is 0 Å². The summed E-state index contributed by atoms with van der Waals surface area (Å²) in [6.07, 6.45) is 5.96. The van der Waals surface area contributed by atoms with E-state index in [0.29, 0.717) is 0 Å². The Balaban J connectivity index is 1.80. The molecule has 19 heavy (non-hydrogen) atoms. The number of hydrogen-bond acceptors (Lipinski definition) is 2. The second kappa shape index (κ2) is 5.05. The summed E-state index contributed by atoms with van der Waals surface area (Å²) in [5, 5.41) is 4.12. The number of nitrogens with two attached hydrogens (primary N) is 1. The smallest absolute Gasteiger partial charge is 0.229 e. The zero-order valence-corrected chi connectivity index (χ0v) is 10.9. The molecule has 1 aliphatic rings. The number of carbonyl (C=O) groups excluding carboxylic acids is 1. The number of anilines is 1. The number of benzene rings is 1. The lowest BCUT2D eigenvalue weighted by Gasteiger charge is -2.27. The molecule has 4 N–H and O–H groups in total. The van der Waals surface area contributed by atoms with E-state index in [1.807, 2.05) is 30.5 Å². The van der Waals surface area contributed by atoms with Crippen molar-refractivity contribution in [3.8, 4) is 0 Å². The summed E-state index contributed by atoms with van der Waals surface area (Å²) in [4.78, 5) is 15.5. The fourth-order valence-corrected chi connectivity index (χ4v) is 2.90. The van der Waals surface area contributed by atoms with Crippen molar-refractivity contribution in [1.29, 1.82) is 0 Å². The monoisotopic (exact) mass is 257 g/mol. The van der Waals surface area contributed by atoms with Crippen molar-refractivity contribution in [2.24, 2.45) is 11.7 Å². The highest BCUT2D eigenvalue weighted by molar-refractivity contribution is 6.01. The summed E-state index contributed by atoms with van der Waals surface area (Å²) in [5.74, 6) is -0.00623. The number of H-pyrrole nitrogens is 1. The van der Waals surface area contributed by atoms with Crippen LogP contribution in [0.15, 0.2) is 30.5 Å². The van der Waals surface area contributed by atoms with Crippen LogP contribution in [-0.2, 0) is 4.79 Å². The van der Waals surface area contributed by atoms with Crippen molar-refractivity contribution in [1.82, 2.24) is 4.98 Å². The molecule has 1 fully saturated rings. The number of rotatable bonds is 2. The SMILES string of the molecule is N[C@@H]1CCCC[C@@H]1C(=O)Nc1cccc2cc[nH]c12. The molecule has 0 saturated heterocycles. The van der Waals surface area contributed by atoms with Crippen molar-refractivity contribution in [3.63, 3.8) is 0 Å². The van der Waals surface area contributed by atoms with Crippen LogP contribution in [0.4, 0.5) is 5.69 Å². The maximum Gasteiger partial charge on any atom is 0.229 e. The summed E-state index contributed by atoms with van der Waals surface area (Å²) in [7, 11) is 0. The third kappa shape index (κ3) is 2.36. The number of fused-ring (bicyclic) bond motifs is 1. The summed E-state index contributed by atoms with van der Waals surface area (Å²) in [6.45, 7) is 0. The number of hydrogen-bond donors (Lipinski definition) is 3. The summed E-state index contributed by atoms with van der Waals surface area (Å²) in [6, 6.07) is 7.89. The Hall–Kier alpha value is -1.81. The second-order valence-electron chi connectivity index (χ2n) is 5.29. The number of nitrogens with one attached hydrogen (secondary N) is 2. The van der Waals surface area contributed by atoms with Crippen molar-refractivity contribution < 1.29 is 4.79 Å². The molecule has 1 saturated carbocycles. The Kier molecular flexibility index (Phi) is 3.25. The Morgan fingerprint density at radius 2 is 2.11 bits per heavy atom. The maximum absolute atomic E-state index is 12.3. The van der Waals surface area contributed by atoms with Crippen LogP contribution in [0.3, 0.4) is 0 Å². The molecule has 1 aromatic carbocycles. The molecular formula is C15H19N3O. The molecule has 1 aliphatic carbocycles. The van der Waals surface area contributed by atoms with E-state index in [0.717, 1.165) is 42.3 Å². The van der Waals surface area contributed by atoms with E-state index >= 15 is 0 Å². The van der Waals surface area contributed by atoms with Gasteiger partial charge in [0.15, 0.2) is 0 Å². The Bertz CT molecular complexity index is 590. The number of aromatic amines is 1. The molecule has 100 valence electrons. The van der Waals surface area contributed by atoms with E-state index in [4.69, 9.17) is 5.73 Å². The summed E-state index contributed by atoms with van der Waals surface area (Å²) >= 11 is 0. The Morgan fingerprint density at radius 1 is 1.26 bits per heavy atom. The van der Waals surface area contributed by atoms with Gasteiger partial charge in [0.2, 0.25) is 5.91 Å². The van der Waals surface area contributed by atoms with Gasteiger partial charge in [0.05, 0.1) is 17.1 Å². The van der Waals surface area contributed by atoms with Crippen molar-refractivity contribution in [3.05, 3.63) is 30.5 Å². The van der Waals surface area contributed by atoms with Crippen LogP contribution in [0.25, 0.3) is 10.9 Å². The first kappa shape index (κ1) is 12.2. The fourth-order valence-electron chi connectivity index (χ4n) is 2.90. The lowest BCUT2D eigenvalue weighted by atomic mass is 9.84. The number of aromatic nitrogens is 1. The normalized spacial score (nSPS) is 23.4. The van der Waals surface area contributed by atoms with Gasteiger partial charge in [-0.25, -0.2) is 0 Å². The zero-order chi connectivity index (χ0) is 13.2. The van der Waals surface area contributed by atoms with E-state index < -0.39 is 0 Å². The third-order valence-corrected chi connectivity index (χ3v) is 4.00. The Labute approximate surface area is 112 Å². The molecule has 4 nitrogen and oxygen atoms in total. The van der Waals surface area contributed by atoms with Crippen LogP contribution < -0.4 is 11.1 Å². The van der Waals surface area contributed by atoms with Gasteiger partial charge in [-0.15, -0.1) is 0 Å². The van der Waals surface area contributed by atoms with E-state index in [9.17, 15) is 4.79 Å². The number of amides is 1. The minimum atomic E-state index is -0.0565. The van der Waals surface area contributed by atoms with Gasteiger partial charge in [0, 0.05) is 17.6 Å². The van der Waals surface area contributed by atoms with Crippen LogP contribution in [0.1, 0.15) is 25.7 Å². The lowest BCUT2D eigenvalue weighted by Crippen LogP contribution is -2.40. The predicted octanol–water partition coefficient (Wildman–Crippen LogP) is 2.62. The van der Waals surface area contributed by atoms with Gasteiger partial charge >= 0.3 is 0 Å². The van der Waals surface area contributed by atoms with Crippen molar-refractivity contribution >= 4 is 22.5 Å². The lowest BCUT2D eigenvalue weighted by molar-refractivity contribution is -0.121. The van der Waals surface area contributed by atoms with Crippen LogP contribution in [0, 0.1) is 5.92 Å². The van der Waals surface area contributed by atoms with Gasteiger partial charge in [-0.2, -0.15) is 0 Å². The van der Waals surface area contributed by atoms with E-state index in [1.165, 1.54) is 0 Å². The first-order chi connectivity index (χ1) is 9.25. The molecule has 4 heteroatoms. The molecule has 0 radical (unpaired) electrons. The average Bonchev–Trinajstić information content (AvgIpc) is 2.88. The third-order valence-electron chi connectivity index (χ3n) is 4.00. The molecular weight excluding hydrogens is 238 g/mol. The molecule has 1 amide bonds. The standard InChI is InChI=1S/C15H19N3O/c16-12-6-2-1-5-11(12)15(19)18-13-7-3-4-10-8-9-17-14(10)13/h3-4,7-9,11-12,17H,1-2,5-6,16H2,(H,18,19)/t11-,12+/m0/s1. The van der Waals surface area contributed by atoms with Gasteiger partial charge in [-0.1, -0.05) is 25.0 Å². The molecule has 1 heterocycles. The summed E-state index contributed by atoms with van der Waals surface area (Å²) in [5.41, 5.74) is 7.87. The highest BCUT2D eigenvalue weighted by Gasteiger charge is 2.28. The molecule has 0 aliphatic heterocycles. The van der Waals surface area contributed by atoms with Gasteiger partial charge < -0.3 is 16.0 Å². The highest BCUT2D eigenvalue weighted by Crippen LogP contribution is 2.26. The molecule has 1 aromatic heterocycles. The first-order valence-electron chi connectivity index (χ1n) is 6.88. The molecule has 2 atom stereocenters. The van der Waals surface area contributed by atoms with Gasteiger partial charge in [-0.05, 0) is 25.0 Å². The molecule has 2 aromatic rings. The molecule has 0 spiro atoms.